The van der Waals surface area contributed by atoms with Crippen LogP contribution in [0.1, 0.15) is 18.9 Å². The molecule has 1 aliphatic rings. The quantitative estimate of drug-likeness (QED) is 0.759. The summed E-state index contributed by atoms with van der Waals surface area (Å²) in [5.41, 5.74) is 2.18. The number of halogens is 3. The number of rotatable bonds is 6. The fourth-order valence-electron chi connectivity index (χ4n) is 3.29. The molecule has 1 aliphatic heterocycles. The van der Waals surface area contributed by atoms with E-state index < -0.39 is 21.7 Å². The fraction of sp³-hybridized carbons (Fsp3) is 0.368. The van der Waals surface area contributed by atoms with Gasteiger partial charge in [0.05, 0.1) is 5.75 Å². The second kappa shape index (κ2) is 9.10. The van der Waals surface area contributed by atoms with Gasteiger partial charge in [-0.3, -0.25) is 0 Å². The Bertz CT molecular complexity index is 873. The second-order valence-corrected chi connectivity index (χ2v) is 8.58. The van der Waals surface area contributed by atoms with E-state index in [1.165, 1.54) is 12.1 Å². The molecule has 2 atom stereocenters. The minimum atomic E-state index is -3.26. The van der Waals surface area contributed by atoms with E-state index in [0.717, 1.165) is 30.2 Å². The maximum Gasteiger partial charge on any atom is 0.211 e. The summed E-state index contributed by atoms with van der Waals surface area (Å²) in [5, 5.41) is 3.33. The van der Waals surface area contributed by atoms with Crippen LogP contribution in [0.2, 0.25) is 0 Å². The smallest absolute Gasteiger partial charge is 0.211 e. The van der Waals surface area contributed by atoms with Crippen LogP contribution in [0, 0.1) is 11.6 Å². The second-order valence-electron chi connectivity index (χ2n) is 6.54. The normalized spacial score (nSPS) is 19.7. The Morgan fingerprint density at radius 2 is 1.81 bits per heavy atom. The Morgan fingerprint density at radius 3 is 2.48 bits per heavy atom. The zero-order chi connectivity index (χ0) is 18.7. The van der Waals surface area contributed by atoms with Crippen molar-refractivity contribution in [3.63, 3.8) is 0 Å². The van der Waals surface area contributed by atoms with Crippen molar-refractivity contribution in [3.8, 4) is 11.1 Å². The molecule has 0 amide bonds. The van der Waals surface area contributed by atoms with Crippen LogP contribution in [0.3, 0.4) is 0 Å². The lowest BCUT2D eigenvalue weighted by Gasteiger charge is -2.21. The van der Waals surface area contributed by atoms with Crippen molar-refractivity contribution >= 4 is 22.4 Å². The van der Waals surface area contributed by atoms with Gasteiger partial charge in [-0.1, -0.05) is 24.3 Å². The average Bonchev–Trinajstić information content (AvgIpc) is 3.00. The van der Waals surface area contributed by atoms with Crippen molar-refractivity contribution < 1.29 is 17.2 Å². The topological polar surface area (TPSA) is 58.2 Å². The summed E-state index contributed by atoms with van der Waals surface area (Å²) in [5.74, 6) is -1.18. The molecule has 0 radical (unpaired) electrons. The van der Waals surface area contributed by atoms with E-state index in [-0.39, 0.29) is 30.2 Å². The molecule has 0 aliphatic carbocycles. The lowest BCUT2D eigenvalue weighted by atomic mass is 9.97. The van der Waals surface area contributed by atoms with Gasteiger partial charge in [0.25, 0.3) is 0 Å². The van der Waals surface area contributed by atoms with Crippen molar-refractivity contribution in [2.24, 2.45) is 0 Å². The molecule has 2 aromatic rings. The Labute approximate surface area is 164 Å². The highest BCUT2D eigenvalue weighted by atomic mass is 35.5. The lowest BCUT2D eigenvalue weighted by molar-refractivity contribution is 0.492. The Balaban J connectivity index is 0.00000261. The standard InChI is InChI=1S/C19H22F2N2O2S.ClH/c1-2-26(24,25)23-18-6-7-22-19(18)9-13-4-3-5-14(8-13)15-10-16(20)12-17(21)11-15;/h3-5,8,10-12,18-19,22-23H,2,6-7,9H2,1H3;1H/t18-,19-;/m0./s1. The molecule has 1 saturated heterocycles. The number of hydrogen-bond donors (Lipinski definition) is 2. The van der Waals surface area contributed by atoms with Gasteiger partial charge < -0.3 is 5.32 Å². The van der Waals surface area contributed by atoms with Crippen molar-refractivity contribution in [1.29, 1.82) is 0 Å². The molecule has 0 bridgehead atoms. The molecule has 0 spiro atoms. The highest BCUT2D eigenvalue weighted by molar-refractivity contribution is 7.89. The molecule has 1 heterocycles. The number of benzene rings is 2. The first kappa shape index (κ1) is 21.8. The third-order valence-corrected chi connectivity index (χ3v) is 6.06. The van der Waals surface area contributed by atoms with Gasteiger partial charge in [0.15, 0.2) is 0 Å². The van der Waals surface area contributed by atoms with Crippen LogP contribution in [0.4, 0.5) is 8.78 Å². The van der Waals surface area contributed by atoms with E-state index in [2.05, 4.69) is 10.0 Å². The SMILES string of the molecule is CCS(=O)(=O)N[C@H]1CCN[C@H]1Cc1cccc(-c2cc(F)cc(F)c2)c1.Cl. The Morgan fingerprint density at radius 1 is 1.11 bits per heavy atom. The zero-order valence-electron chi connectivity index (χ0n) is 14.9. The molecular formula is C19H23ClF2N2O2S. The highest BCUT2D eigenvalue weighted by Gasteiger charge is 2.29. The Kier molecular flexibility index (Phi) is 7.33. The van der Waals surface area contributed by atoms with Gasteiger partial charge in [-0.05, 0) is 55.1 Å². The molecule has 2 N–H and O–H groups in total. The van der Waals surface area contributed by atoms with Crippen LogP contribution in [0.15, 0.2) is 42.5 Å². The molecule has 1 fully saturated rings. The van der Waals surface area contributed by atoms with Gasteiger partial charge in [-0.2, -0.15) is 0 Å². The monoisotopic (exact) mass is 416 g/mol. The van der Waals surface area contributed by atoms with Crippen LogP contribution in [0.5, 0.6) is 0 Å². The van der Waals surface area contributed by atoms with Crippen molar-refractivity contribution in [1.82, 2.24) is 10.0 Å². The number of nitrogens with one attached hydrogen (secondary N) is 2. The van der Waals surface area contributed by atoms with Crippen LogP contribution in [-0.4, -0.2) is 32.8 Å². The van der Waals surface area contributed by atoms with Crippen LogP contribution >= 0.6 is 12.4 Å². The predicted octanol–water partition coefficient (Wildman–Crippen LogP) is 3.27. The summed E-state index contributed by atoms with van der Waals surface area (Å²) in [4.78, 5) is 0. The average molecular weight is 417 g/mol. The molecule has 27 heavy (non-hydrogen) atoms. The van der Waals surface area contributed by atoms with Crippen LogP contribution in [-0.2, 0) is 16.4 Å². The Hall–Kier alpha value is -1.54. The van der Waals surface area contributed by atoms with Crippen LogP contribution < -0.4 is 10.0 Å². The van der Waals surface area contributed by atoms with E-state index in [1.807, 2.05) is 18.2 Å². The maximum atomic E-state index is 13.5. The van der Waals surface area contributed by atoms with Gasteiger partial charge in [0.1, 0.15) is 11.6 Å². The summed E-state index contributed by atoms with van der Waals surface area (Å²) in [6, 6.07) is 10.7. The van der Waals surface area contributed by atoms with E-state index in [4.69, 9.17) is 0 Å². The van der Waals surface area contributed by atoms with Crippen LogP contribution in [0.25, 0.3) is 11.1 Å². The van der Waals surface area contributed by atoms with E-state index in [0.29, 0.717) is 12.0 Å². The summed E-state index contributed by atoms with van der Waals surface area (Å²) in [6.45, 7) is 2.36. The highest BCUT2D eigenvalue weighted by Crippen LogP contribution is 2.24. The van der Waals surface area contributed by atoms with Crippen molar-refractivity contribution in [2.75, 3.05) is 12.3 Å². The molecular weight excluding hydrogens is 394 g/mol. The molecule has 0 unspecified atom stereocenters. The van der Waals surface area contributed by atoms with Gasteiger partial charge in [0.2, 0.25) is 10.0 Å². The molecule has 0 aromatic heterocycles. The van der Waals surface area contributed by atoms with E-state index in [1.54, 1.807) is 13.0 Å². The third-order valence-electron chi connectivity index (χ3n) is 4.64. The summed E-state index contributed by atoms with van der Waals surface area (Å²) >= 11 is 0. The van der Waals surface area contributed by atoms with Gasteiger partial charge >= 0.3 is 0 Å². The fourth-order valence-corrected chi connectivity index (χ4v) is 4.20. The molecule has 3 rings (SSSR count). The molecule has 0 saturated carbocycles. The van der Waals surface area contributed by atoms with Gasteiger partial charge in [-0.15, -0.1) is 12.4 Å². The number of hydrogen-bond acceptors (Lipinski definition) is 3. The maximum absolute atomic E-state index is 13.5. The van der Waals surface area contributed by atoms with Gasteiger partial charge in [0, 0.05) is 18.2 Å². The molecule has 148 valence electrons. The minimum absolute atomic E-state index is 0. The van der Waals surface area contributed by atoms with Gasteiger partial charge in [-0.25, -0.2) is 21.9 Å². The predicted molar refractivity (Wildman–Crippen MR) is 106 cm³/mol. The lowest BCUT2D eigenvalue weighted by Crippen LogP contribution is -2.45. The molecule has 4 nitrogen and oxygen atoms in total. The largest absolute Gasteiger partial charge is 0.312 e. The van der Waals surface area contributed by atoms with Crippen molar-refractivity contribution in [3.05, 3.63) is 59.7 Å². The van der Waals surface area contributed by atoms with E-state index >= 15 is 0 Å². The first-order valence-corrected chi connectivity index (χ1v) is 10.3. The first-order chi connectivity index (χ1) is 12.4. The minimum Gasteiger partial charge on any atom is -0.312 e. The third kappa shape index (κ3) is 5.72. The molecule has 2 aromatic carbocycles. The van der Waals surface area contributed by atoms with Crippen molar-refractivity contribution in [2.45, 2.75) is 31.8 Å². The molecule has 8 heteroatoms. The summed E-state index contributed by atoms with van der Waals surface area (Å²) in [7, 11) is -3.26. The summed E-state index contributed by atoms with van der Waals surface area (Å²) < 4.78 is 53.4. The number of sulfonamides is 1. The first-order valence-electron chi connectivity index (χ1n) is 8.65. The van der Waals surface area contributed by atoms with E-state index in [9.17, 15) is 17.2 Å². The zero-order valence-corrected chi connectivity index (χ0v) is 16.5. The summed E-state index contributed by atoms with van der Waals surface area (Å²) in [6.07, 6.45) is 1.36.